The standard InChI is InChI=1S/C13H11NO/c1-8-6-7-11-12(13(8)15)9-4-2-3-5-10(9)14-11/h2-7,14-15H,1H3. The summed E-state index contributed by atoms with van der Waals surface area (Å²) in [4.78, 5) is 3.29. The zero-order valence-corrected chi connectivity index (χ0v) is 8.41. The molecule has 0 aliphatic carbocycles. The van der Waals surface area contributed by atoms with Gasteiger partial charge in [-0.2, -0.15) is 0 Å². The van der Waals surface area contributed by atoms with Crippen LogP contribution < -0.4 is 0 Å². The van der Waals surface area contributed by atoms with Crippen LogP contribution in [0.4, 0.5) is 0 Å². The first-order valence-corrected chi connectivity index (χ1v) is 4.96. The molecule has 1 heterocycles. The van der Waals surface area contributed by atoms with Crippen LogP contribution >= 0.6 is 0 Å². The minimum atomic E-state index is 0.380. The molecular weight excluding hydrogens is 186 g/mol. The SMILES string of the molecule is Cc1ccc2[nH]c3ccccc3c2c1O. The van der Waals surface area contributed by atoms with Crippen molar-refractivity contribution in [3.63, 3.8) is 0 Å². The van der Waals surface area contributed by atoms with Crippen molar-refractivity contribution < 1.29 is 5.11 Å². The van der Waals surface area contributed by atoms with Crippen molar-refractivity contribution >= 4 is 21.8 Å². The number of phenols is 1. The molecule has 3 aromatic rings. The predicted molar refractivity (Wildman–Crippen MR) is 62.2 cm³/mol. The van der Waals surface area contributed by atoms with Gasteiger partial charge in [-0.3, -0.25) is 0 Å². The second kappa shape index (κ2) is 2.76. The number of aromatic nitrogens is 1. The average molecular weight is 197 g/mol. The molecule has 15 heavy (non-hydrogen) atoms. The fraction of sp³-hybridized carbons (Fsp3) is 0.0769. The van der Waals surface area contributed by atoms with Crippen LogP contribution in [0.5, 0.6) is 5.75 Å². The van der Waals surface area contributed by atoms with Gasteiger partial charge in [0.25, 0.3) is 0 Å². The summed E-state index contributed by atoms with van der Waals surface area (Å²) in [6, 6.07) is 11.9. The normalized spacial score (nSPS) is 11.3. The zero-order valence-electron chi connectivity index (χ0n) is 8.41. The Labute approximate surface area is 87.2 Å². The maximum atomic E-state index is 10.0. The summed E-state index contributed by atoms with van der Waals surface area (Å²) in [5.41, 5.74) is 2.96. The van der Waals surface area contributed by atoms with Gasteiger partial charge >= 0.3 is 0 Å². The number of aryl methyl sites for hydroxylation is 1. The second-order valence-corrected chi connectivity index (χ2v) is 3.82. The topological polar surface area (TPSA) is 36.0 Å². The summed E-state index contributed by atoms with van der Waals surface area (Å²) >= 11 is 0. The highest BCUT2D eigenvalue weighted by atomic mass is 16.3. The highest BCUT2D eigenvalue weighted by Gasteiger charge is 2.08. The van der Waals surface area contributed by atoms with E-state index in [0.717, 1.165) is 27.4 Å². The molecule has 2 aromatic carbocycles. The number of rotatable bonds is 0. The molecule has 0 fully saturated rings. The van der Waals surface area contributed by atoms with E-state index in [1.165, 1.54) is 0 Å². The van der Waals surface area contributed by atoms with Gasteiger partial charge in [0.15, 0.2) is 0 Å². The Kier molecular flexibility index (Phi) is 1.54. The van der Waals surface area contributed by atoms with Crippen LogP contribution in [0.3, 0.4) is 0 Å². The number of hydrogen-bond acceptors (Lipinski definition) is 1. The van der Waals surface area contributed by atoms with E-state index >= 15 is 0 Å². The lowest BCUT2D eigenvalue weighted by molar-refractivity contribution is 0.478. The van der Waals surface area contributed by atoms with Crippen LogP contribution in [0, 0.1) is 6.92 Å². The summed E-state index contributed by atoms with van der Waals surface area (Å²) in [6.45, 7) is 1.91. The Morgan fingerprint density at radius 3 is 2.67 bits per heavy atom. The summed E-state index contributed by atoms with van der Waals surface area (Å²) in [6.07, 6.45) is 0. The second-order valence-electron chi connectivity index (χ2n) is 3.82. The van der Waals surface area contributed by atoms with Crippen molar-refractivity contribution in [3.05, 3.63) is 42.0 Å². The van der Waals surface area contributed by atoms with E-state index < -0.39 is 0 Å². The fourth-order valence-corrected chi connectivity index (χ4v) is 2.03. The van der Waals surface area contributed by atoms with Gasteiger partial charge in [0.1, 0.15) is 5.75 Å². The number of benzene rings is 2. The third kappa shape index (κ3) is 1.05. The van der Waals surface area contributed by atoms with E-state index in [-0.39, 0.29) is 0 Å². The molecule has 2 heteroatoms. The van der Waals surface area contributed by atoms with Gasteiger partial charge in [0.2, 0.25) is 0 Å². The van der Waals surface area contributed by atoms with Crippen molar-refractivity contribution in [2.24, 2.45) is 0 Å². The molecule has 0 aliphatic heterocycles. The number of nitrogens with one attached hydrogen (secondary N) is 1. The summed E-state index contributed by atoms with van der Waals surface area (Å²) in [5, 5.41) is 12.0. The lowest BCUT2D eigenvalue weighted by Crippen LogP contribution is -1.75. The largest absolute Gasteiger partial charge is 0.507 e. The van der Waals surface area contributed by atoms with Gasteiger partial charge in [0, 0.05) is 16.3 Å². The molecule has 0 bridgehead atoms. The quantitative estimate of drug-likeness (QED) is 0.569. The van der Waals surface area contributed by atoms with Crippen molar-refractivity contribution in [2.75, 3.05) is 0 Å². The fourth-order valence-electron chi connectivity index (χ4n) is 2.03. The van der Waals surface area contributed by atoms with E-state index in [1.807, 2.05) is 43.3 Å². The summed E-state index contributed by atoms with van der Waals surface area (Å²) in [5.74, 6) is 0.380. The number of phenolic OH excluding ortho intramolecular Hbond substituents is 1. The van der Waals surface area contributed by atoms with Crippen LogP contribution in [0.2, 0.25) is 0 Å². The molecular formula is C13H11NO. The minimum absolute atomic E-state index is 0.380. The van der Waals surface area contributed by atoms with Crippen molar-refractivity contribution in [1.82, 2.24) is 4.98 Å². The Hall–Kier alpha value is -1.96. The number of hydrogen-bond donors (Lipinski definition) is 2. The van der Waals surface area contributed by atoms with Gasteiger partial charge in [0.05, 0.1) is 5.52 Å². The maximum Gasteiger partial charge on any atom is 0.128 e. The number of aromatic hydroxyl groups is 1. The molecule has 1 aromatic heterocycles. The van der Waals surface area contributed by atoms with Gasteiger partial charge in [-0.1, -0.05) is 24.3 Å². The Morgan fingerprint density at radius 1 is 1.00 bits per heavy atom. The van der Waals surface area contributed by atoms with Gasteiger partial charge < -0.3 is 10.1 Å². The molecule has 0 saturated heterocycles. The highest BCUT2D eigenvalue weighted by Crippen LogP contribution is 2.34. The van der Waals surface area contributed by atoms with Crippen LogP contribution in [0.25, 0.3) is 21.8 Å². The smallest absolute Gasteiger partial charge is 0.128 e. The van der Waals surface area contributed by atoms with Gasteiger partial charge in [-0.25, -0.2) is 0 Å². The molecule has 0 unspecified atom stereocenters. The van der Waals surface area contributed by atoms with E-state index in [1.54, 1.807) is 0 Å². The molecule has 0 aliphatic rings. The van der Waals surface area contributed by atoms with Crippen LogP contribution in [0.15, 0.2) is 36.4 Å². The van der Waals surface area contributed by atoms with Crippen molar-refractivity contribution in [1.29, 1.82) is 0 Å². The zero-order chi connectivity index (χ0) is 10.4. The van der Waals surface area contributed by atoms with Gasteiger partial charge in [-0.15, -0.1) is 0 Å². The molecule has 3 rings (SSSR count). The minimum Gasteiger partial charge on any atom is -0.507 e. The first kappa shape index (κ1) is 8.36. The molecule has 2 N–H and O–H groups in total. The first-order chi connectivity index (χ1) is 7.27. The molecule has 74 valence electrons. The number of H-pyrrole nitrogens is 1. The maximum absolute atomic E-state index is 10.0. The number of fused-ring (bicyclic) bond motifs is 3. The Morgan fingerprint density at radius 2 is 1.80 bits per heavy atom. The highest BCUT2D eigenvalue weighted by molar-refractivity contribution is 6.10. The molecule has 0 spiro atoms. The summed E-state index contributed by atoms with van der Waals surface area (Å²) < 4.78 is 0. The van der Waals surface area contributed by atoms with Crippen LogP contribution in [-0.4, -0.2) is 10.1 Å². The van der Waals surface area contributed by atoms with Crippen LogP contribution in [-0.2, 0) is 0 Å². The molecule has 0 saturated carbocycles. The summed E-state index contributed by atoms with van der Waals surface area (Å²) in [7, 11) is 0. The number of para-hydroxylation sites is 1. The number of aromatic amines is 1. The average Bonchev–Trinajstić information content (AvgIpc) is 2.62. The molecule has 0 radical (unpaired) electrons. The first-order valence-electron chi connectivity index (χ1n) is 4.96. The third-order valence-corrected chi connectivity index (χ3v) is 2.85. The molecule has 2 nitrogen and oxygen atoms in total. The van der Waals surface area contributed by atoms with E-state index in [2.05, 4.69) is 4.98 Å². The predicted octanol–water partition coefficient (Wildman–Crippen LogP) is 3.34. The van der Waals surface area contributed by atoms with Crippen molar-refractivity contribution in [2.45, 2.75) is 6.92 Å². The Balaban J connectivity index is 2.63. The van der Waals surface area contributed by atoms with E-state index in [9.17, 15) is 5.11 Å². The Bertz CT molecular complexity index is 652. The monoisotopic (exact) mass is 197 g/mol. The molecule has 0 atom stereocenters. The van der Waals surface area contributed by atoms with Crippen molar-refractivity contribution in [3.8, 4) is 5.75 Å². The lowest BCUT2D eigenvalue weighted by atomic mass is 10.1. The van der Waals surface area contributed by atoms with Gasteiger partial charge in [-0.05, 0) is 24.6 Å². The van der Waals surface area contributed by atoms with Crippen LogP contribution in [0.1, 0.15) is 5.56 Å². The molecule has 0 amide bonds. The van der Waals surface area contributed by atoms with E-state index in [0.29, 0.717) is 5.75 Å². The van der Waals surface area contributed by atoms with E-state index in [4.69, 9.17) is 0 Å². The third-order valence-electron chi connectivity index (χ3n) is 2.85. The lowest BCUT2D eigenvalue weighted by Gasteiger charge is -1.99.